The average Bonchev–Trinajstić information content (AvgIpc) is 2.66. The SMILES string of the molecule is CC(C)(C)N1C[C@@]2(C)c3ccccc3N[C@@]2(N)C1=O. The summed E-state index contributed by atoms with van der Waals surface area (Å²) in [5.74, 6) is -0.0151. The van der Waals surface area contributed by atoms with Gasteiger partial charge in [-0.25, -0.2) is 0 Å². The fourth-order valence-electron chi connectivity index (χ4n) is 3.28. The Morgan fingerprint density at radius 1 is 1.32 bits per heavy atom. The molecule has 2 aliphatic rings. The van der Waals surface area contributed by atoms with E-state index in [2.05, 4.69) is 18.3 Å². The van der Waals surface area contributed by atoms with E-state index in [4.69, 9.17) is 5.73 Å². The van der Waals surface area contributed by atoms with Gasteiger partial charge in [-0.1, -0.05) is 18.2 Å². The third-order valence-corrected chi connectivity index (χ3v) is 4.59. The summed E-state index contributed by atoms with van der Waals surface area (Å²) < 4.78 is 0. The maximum absolute atomic E-state index is 12.8. The second-order valence-corrected chi connectivity index (χ2v) is 6.87. The third kappa shape index (κ3) is 1.35. The van der Waals surface area contributed by atoms with E-state index >= 15 is 0 Å². The maximum atomic E-state index is 12.8. The fraction of sp³-hybridized carbons (Fsp3) is 0.533. The molecule has 0 aliphatic carbocycles. The number of likely N-dealkylation sites (tertiary alicyclic amines) is 1. The zero-order chi connectivity index (χ0) is 14.1. The van der Waals surface area contributed by atoms with E-state index in [1.165, 1.54) is 0 Å². The quantitative estimate of drug-likeness (QED) is 0.745. The topological polar surface area (TPSA) is 58.4 Å². The van der Waals surface area contributed by atoms with Gasteiger partial charge in [-0.2, -0.15) is 0 Å². The average molecular weight is 259 g/mol. The number of benzene rings is 1. The number of carbonyl (C=O) groups excluding carboxylic acids is 1. The first-order valence-electron chi connectivity index (χ1n) is 6.69. The molecule has 0 spiro atoms. The van der Waals surface area contributed by atoms with Gasteiger partial charge in [0.05, 0.1) is 5.41 Å². The highest BCUT2D eigenvalue weighted by Gasteiger charge is 2.65. The van der Waals surface area contributed by atoms with E-state index in [1.54, 1.807) is 0 Å². The van der Waals surface area contributed by atoms with E-state index in [0.717, 1.165) is 11.3 Å². The molecule has 4 heteroatoms. The van der Waals surface area contributed by atoms with E-state index in [1.807, 2.05) is 43.9 Å². The number of hydrogen-bond donors (Lipinski definition) is 2. The van der Waals surface area contributed by atoms with Gasteiger partial charge in [-0.15, -0.1) is 0 Å². The van der Waals surface area contributed by atoms with Crippen molar-refractivity contribution < 1.29 is 4.79 Å². The molecule has 2 heterocycles. The van der Waals surface area contributed by atoms with Gasteiger partial charge < -0.3 is 16.0 Å². The lowest BCUT2D eigenvalue weighted by atomic mass is 9.77. The number of hydrogen-bond acceptors (Lipinski definition) is 3. The van der Waals surface area contributed by atoms with Crippen molar-refractivity contribution in [3.63, 3.8) is 0 Å². The van der Waals surface area contributed by atoms with E-state index < -0.39 is 5.66 Å². The molecule has 1 saturated heterocycles. The summed E-state index contributed by atoms with van der Waals surface area (Å²) in [6, 6.07) is 8.02. The van der Waals surface area contributed by atoms with Crippen molar-refractivity contribution >= 4 is 11.6 Å². The number of anilines is 1. The van der Waals surface area contributed by atoms with Crippen LogP contribution in [0.1, 0.15) is 33.3 Å². The lowest BCUT2D eigenvalue weighted by Gasteiger charge is -2.33. The highest BCUT2D eigenvalue weighted by Crippen LogP contribution is 2.51. The van der Waals surface area contributed by atoms with Crippen molar-refractivity contribution in [2.24, 2.45) is 5.73 Å². The van der Waals surface area contributed by atoms with Gasteiger partial charge in [0, 0.05) is 17.8 Å². The molecule has 2 aliphatic heterocycles. The number of rotatable bonds is 0. The molecule has 0 saturated carbocycles. The van der Waals surface area contributed by atoms with Crippen LogP contribution in [0.5, 0.6) is 0 Å². The van der Waals surface area contributed by atoms with Gasteiger partial charge in [-0.3, -0.25) is 4.79 Å². The summed E-state index contributed by atoms with van der Waals surface area (Å²) in [6.45, 7) is 8.87. The normalized spacial score (nSPS) is 33.1. The number of nitrogens with zero attached hydrogens (tertiary/aromatic N) is 1. The van der Waals surface area contributed by atoms with Crippen LogP contribution >= 0.6 is 0 Å². The van der Waals surface area contributed by atoms with E-state index in [9.17, 15) is 4.79 Å². The summed E-state index contributed by atoms with van der Waals surface area (Å²) >= 11 is 0. The van der Waals surface area contributed by atoms with Crippen molar-refractivity contribution in [3.8, 4) is 0 Å². The van der Waals surface area contributed by atoms with Crippen molar-refractivity contribution in [3.05, 3.63) is 29.8 Å². The predicted molar refractivity (Wildman–Crippen MR) is 75.8 cm³/mol. The highest BCUT2D eigenvalue weighted by molar-refractivity contribution is 5.97. The fourth-order valence-corrected chi connectivity index (χ4v) is 3.28. The molecule has 2 atom stereocenters. The van der Waals surface area contributed by atoms with E-state index in [-0.39, 0.29) is 16.9 Å². The van der Waals surface area contributed by atoms with Gasteiger partial charge in [0.1, 0.15) is 0 Å². The largest absolute Gasteiger partial charge is 0.359 e. The van der Waals surface area contributed by atoms with Crippen molar-refractivity contribution in [1.29, 1.82) is 0 Å². The second-order valence-electron chi connectivity index (χ2n) is 6.87. The molecule has 1 aromatic carbocycles. The first-order chi connectivity index (χ1) is 8.70. The minimum Gasteiger partial charge on any atom is -0.359 e. The summed E-state index contributed by atoms with van der Waals surface area (Å²) in [5.41, 5.74) is 6.98. The standard InChI is InChI=1S/C15H21N3O/c1-13(2,3)18-9-14(4)10-7-5-6-8-11(10)17-15(14,16)12(18)19/h5-8,17H,9,16H2,1-4H3/t14-,15-/m0/s1. The Hall–Kier alpha value is -1.55. The highest BCUT2D eigenvalue weighted by atomic mass is 16.2. The first kappa shape index (κ1) is 12.5. The molecule has 0 unspecified atom stereocenters. The van der Waals surface area contributed by atoms with Gasteiger partial charge >= 0.3 is 0 Å². The molecule has 1 aromatic rings. The molecule has 4 nitrogen and oxygen atoms in total. The maximum Gasteiger partial charge on any atom is 0.264 e. The monoisotopic (exact) mass is 259 g/mol. The lowest BCUT2D eigenvalue weighted by molar-refractivity contribution is -0.135. The molecule has 3 N–H and O–H groups in total. The van der Waals surface area contributed by atoms with Gasteiger partial charge in [0.2, 0.25) is 0 Å². The van der Waals surface area contributed by atoms with Crippen LogP contribution in [0.25, 0.3) is 0 Å². The summed E-state index contributed by atoms with van der Waals surface area (Å²) in [4.78, 5) is 14.7. The molecule has 1 amide bonds. The number of carbonyl (C=O) groups is 1. The minimum atomic E-state index is -1.02. The Labute approximate surface area is 114 Å². The molecule has 1 fully saturated rings. The molecular weight excluding hydrogens is 238 g/mol. The summed E-state index contributed by atoms with van der Waals surface area (Å²) in [7, 11) is 0. The minimum absolute atomic E-state index is 0.0151. The van der Waals surface area contributed by atoms with Crippen LogP contribution < -0.4 is 11.1 Å². The summed E-state index contributed by atoms with van der Waals surface area (Å²) in [5, 5.41) is 3.25. The van der Waals surface area contributed by atoms with Crippen LogP contribution in [0.4, 0.5) is 5.69 Å². The number of para-hydroxylation sites is 1. The predicted octanol–water partition coefficient (Wildman–Crippen LogP) is 1.67. The zero-order valence-corrected chi connectivity index (χ0v) is 11.9. The number of nitrogens with one attached hydrogen (secondary N) is 1. The van der Waals surface area contributed by atoms with Gasteiger partial charge in [0.15, 0.2) is 5.66 Å². The number of nitrogens with two attached hydrogens (primary N) is 1. The molecule has 0 radical (unpaired) electrons. The smallest absolute Gasteiger partial charge is 0.264 e. The lowest BCUT2D eigenvalue weighted by Crippen LogP contribution is -2.61. The number of amides is 1. The van der Waals surface area contributed by atoms with Crippen molar-refractivity contribution in [2.45, 2.75) is 44.3 Å². The molecule has 19 heavy (non-hydrogen) atoms. The molecule has 0 bridgehead atoms. The van der Waals surface area contributed by atoms with Crippen LogP contribution in [0.3, 0.4) is 0 Å². The zero-order valence-electron chi connectivity index (χ0n) is 11.9. The van der Waals surface area contributed by atoms with E-state index in [0.29, 0.717) is 6.54 Å². The molecule has 102 valence electrons. The first-order valence-corrected chi connectivity index (χ1v) is 6.69. The van der Waals surface area contributed by atoms with Crippen molar-refractivity contribution in [1.82, 2.24) is 4.90 Å². The number of fused-ring (bicyclic) bond motifs is 3. The Kier molecular flexibility index (Phi) is 2.17. The Bertz CT molecular complexity index is 563. The Morgan fingerprint density at radius 2 is 1.95 bits per heavy atom. The van der Waals surface area contributed by atoms with Gasteiger partial charge in [-0.05, 0) is 39.3 Å². The van der Waals surface area contributed by atoms with Gasteiger partial charge in [0.25, 0.3) is 5.91 Å². The summed E-state index contributed by atoms with van der Waals surface area (Å²) in [6.07, 6.45) is 0. The second kappa shape index (κ2) is 3.31. The van der Waals surface area contributed by atoms with Crippen LogP contribution in [0, 0.1) is 0 Å². The Morgan fingerprint density at radius 3 is 2.58 bits per heavy atom. The van der Waals surface area contributed by atoms with Crippen LogP contribution in [-0.4, -0.2) is 28.6 Å². The molecular formula is C15H21N3O. The third-order valence-electron chi connectivity index (χ3n) is 4.59. The molecule has 0 aromatic heterocycles. The molecule has 3 rings (SSSR count). The Balaban J connectivity index is 2.15. The van der Waals surface area contributed by atoms with Crippen LogP contribution in [0.2, 0.25) is 0 Å². The van der Waals surface area contributed by atoms with Crippen molar-refractivity contribution in [2.75, 3.05) is 11.9 Å². The van der Waals surface area contributed by atoms with Crippen LogP contribution in [0.15, 0.2) is 24.3 Å². The van der Waals surface area contributed by atoms with Crippen LogP contribution in [-0.2, 0) is 10.2 Å².